The van der Waals surface area contributed by atoms with Crippen molar-refractivity contribution >= 4 is 0 Å². The molecule has 1 rings (SSSR count). The van der Waals surface area contributed by atoms with E-state index in [1.165, 1.54) is 29.6 Å². The van der Waals surface area contributed by atoms with Crippen molar-refractivity contribution in [1.82, 2.24) is 0 Å². The molecule has 0 heterocycles. The highest BCUT2D eigenvalue weighted by Crippen LogP contribution is 2.28. The number of rotatable bonds is 0. The molecule has 14 heavy (non-hydrogen) atoms. The van der Waals surface area contributed by atoms with Crippen molar-refractivity contribution in [3.05, 3.63) is 34.4 Å². The van der Waals surface area contributed by atoms with E-state index in [4.69, 9.17) is 0 Å². The van der Waals surface area contributed by atoms with Gasteiger partial charge in [0.15, 0.2) is 0 Å². The van der Waals surface area contributed by atoms with Crippen LogP contribution in [0.15, 0.2) is 34.4 Å². The van der Waals surface area contributed by atoms with Crippen molar-refractivity contribution in [2.45, 2.75) is 47.5 Å². The molecule has 1 aliphatic carbocycles. The van der Waals surface area contributed by atoms with Crippen LogP contribution in [0.2, 0.25) is 0 Å². The lowest BCUT2D eigenvalue weighted by Crippen LogP contribution is -2.02. The SMILES string of the molecule is C/C=C1/C=C(/C)C(C)=C(C)CC(C)C1. The van der Waals surface area contributed by atoms with Gasteiger partial charge in [-0.05, 0) is 57.6 Å². The number of allylic oxidation sites excluding steroid dienone is 6. The second-order valence-corrected chi connectivity index (χ2v) is 4.61. The molecule has 0 spiro atoms. The summed E-state index contributed by atoms with van der Waals surface area (Å²) in [6.07, 6.45) is 7.05. The summed E-state index contributed by atoms with van der Waals surface area (Å²) in [5.41, 5.74) is 5.96. The molecule has 0 fully saturated rings. The molecule has 0 aromatic rings. The van der Waals surface area contributed by atoms with Crippen molar-refractivity contribution in [1.29, 1.82) is 0 Å². The van der Waals surface area contributed by atoms with Crippen LogP contribution in [0.5, 0.6) is 0 Å². The second kappa shape index (κ2) is 4.63. The molecule has 0 heteroatoms. The third-order valence-corrected chi connectivity index (χ3v) is 3.24. The maximum Gasteiger partial charge on any atom is -0.0253 e. The minimum absolute atomic E-state index is 0.778. The van der Waals surface area contributed by atoms with Crippen LogP contribution in [-0.2, 0) is 0 Å². The van der Waals surface area contributed by atoms with E-state index >= 15 is 0 Å². The lowest BCUT2D eigenvalue weighted by Gasteiger charge is -2.19. The van der Waals surface area contributed by atoms with E-state index in [0.29, 0.717) is 0 Å². The Hall–Kier alpha value is -0.780. The summed E-state index contributed by atoms with van der Waals surface area (Å²) in [5, 5.41) is 0. The fraction of sp³-hybridized carbons (Fsp3) is 0.571. The van der Waals surface area contributed by atoms with Gasteiger partial charge in [0.25, 0.3) is 0 Å². The molecular formula is C14H22. The Morgan fingerprint density at radius 3 is 2.43 bits per heavy atom. The summed E-state index contributed by atoms with van der Waals surface area (Å²) in [5.74, 6) is 0.778. The van der Waals surface area contributed by atoms with Crippen molar-refractivity contribution in [3.63, 3.8) is 0 Å². The van der Waals surface area contributed by atoms with Gasteiger partial charge < -0.3 is 0 Å². The van der Waals surface area contributed by atoms with Crippen LogP contribution >= 0.6 is 0 Å². The maximum atomic E-state index is 2.34. The van der Waals surface area contributed by atoms with E-state index in [1.54, 1.807) is 5.57 Å². The van der Waals surface area contributed by atoms with E-state index in [0.717, 1.165) is 5.92 Å². The molecule has 0 nitrogen and oxygen atoms in total. The second-order valence-electron chi connectivity index (χ2n) is 4.61. The molecule has 0 aliphatic heterocycles. The highest BCUT2D eigenvalue weighted by molar-refractivity contribution is 5.38. The molecule has 0 N–H and O–H groups in total. The fourth-order valence-corrected chi connectivity index (χ4v) is 2.13. The van der Waals surface area contributed by atoms with E-state index in [-0.39, 0.29) is 0 Å². The van der Waals surface area contributed by atoms with Gasteiger partial charge in [0.2, 0.25) is 0 Å². The molecule has 1 atom stereocenters. The first kappa shape index (κ1) is 11.3. The van der Waals surface area contributed by atoms with Crippen molar-refractivity contribution in [3.8, 4) is 0 Å². The van der Waals surface area contributed by atoms with Crippen molar-refractivity contribution in [2.75, 3.05) is 0 Å². The lowest BCUT2D eigenvalue weighted by molar-refractivity contribution is 0.570. The van der Waals surface area contributed by atoms with Gasteiger partial charge in [-0.3, -0.25) is 0 Å². The van der Waals surface area contributed by atoms with Gasteiger partial charge in [0.1, 0.15) is 0 Å². The first-order valence-corrected chi connectivity index (χ1v) is 5.54. The normalized spacial score (nSPS) is 31.1. The number of hydrogen-bond acceptors (Lipinski definition) is 0. The van der Waals surface area contributed by atoms with Crippen LogP contribution in [0.3, 0.4) is 0 Å². The van der Waals surface area contributed by atoms with E-state index in [1.807, 2.05) is 0 Å². The van der Waals surface area contributed by atoms with E-state index in [2.05, 4.69) is 46.8 Å². The first-order valence-electron chi connectivity index (χ1n) is 5.54. The summed E-state index contributed by atoms with van der Waals surface area (Å²) >= 11 is 0. The molecule has 78 valence electrons. The highest BCUT2D eigenvalue weighted by Gasteiger charge is 2.11. The standard InChI is InChI=1S/C14H22/c1-6-14-8-10(2)7-11(3)13(5)12(4)9-14/h6,9-10H,7-8H2,1-5H3/b12-9-,13-11?,14-6+. The summed E-state index contributed by atoms with van der Waals surface area (Å²) < 4.78 is 0. The summed E-state index contributed by atoms with van der Waals surface area (Å²) in [4.78, 5) is 0. The summed E-state index contributed by atoms with van der Waals surface area (Å²) in [7, 11) is 0. The van der Waals surface area contributed by atoms with Gasteiger partial charge >= 0.3 is 0 Å². The average molecular weight is 190 g/mol. The quantitative estimate of drug-likeness (QED) is 0.522. The van der Waals surface area contributed by atoms with Gasteiger partial charge in [-0.2, -0.15) is 0 Å². The molecule has 0 aromatic heterocycles. The first-order chi connectivity index (χ1) is 6.54. The molecule has 1 aliphatic rings. The summed E-state index contributed by atoms with van der Waals surface area (Å²) in [6.45, 7) is 11.2. The zero-order valence-corrected chi connectivity index (χ0v) is 10.1. The molecule has 1 unspecified atom stereocenters. The molecule has 0 radical (unpaired) electrons. The maximum absolute atomic E-state index is 2.34. The summed E-state index contributed by atoms with van der Waals surface area (Å²) in [6, 6.07) is 0. The molecule has 0 bridgehead atoms. The highest BCUT2D eigenvalue weighted by atomic mass is 14.2. The lowest BCUT2D eigenvalue weighted by atomic mass is 9.87. The Morgan fingerprint density at radius 1 is 1.21 bits per heavy atom. The van der Waals surface area contributed by atoms with Crippen LogP contribution in [0, 0.1) is 5.92 Å². The van der Waals surface area contributed by atoms with E-state index < -0.39 is 0 Å². The van der Waals surface area contributed by atoms with Gasteiger partial charge in [-0.1, -0.05) is 30.2 Å². The van der Waals surface area contributed by atoms with Crippen molar-refractivity contribution in [2.24, 2.45) is 5.92 Å². The Balaban J connectivity index is 3.08. The van der Waals surface area contributed by atoms with Gasteiger partial charge in [-0.15, -0.1) is 0 Å². The predicted octanol–water partition coefficient (Wildman–Crippen LogP) is 4.65. The third-order valence-electron chi connectivity index (χ3n) is 3.24. The van der Waals surface area contributed by atoms with Crippen LogP contribution in [0.4, 0.5) is 0 Å². The van der Waals surface area contributed by atoms with Crippen LogP contribution < -0.4 is 0 Å². The molecular weight excluding hydrogens is 168 g/mol. The zero-order chi connectivity index (χ0) is 10.7. The van der Waals surface area contributed by atoms with Crippen LogP contribution in [0.25, 0.3) is 0 Å². The Morgan fingerprint density at radius 2 is 1.86 bits per heavy atom. The fourth-order valence-electron chi connectivity index (χ4n) is 2.13. The average Bonchev–Trinajstić information content (AvgIpc) is 2.13. The molecule has 0 saturated heterocycles. The Bertz CT molecular complexity index is 300. The number of hydrogen-bond donors (Lipinski definition) is 0. The Kier molecular flexibility index (Phi) is 3.74. The van der Waals surface area contributed by atoms with Gasteiger partial charge in [0, 0.05) is 0 Å². The molecule has 0 saturated carbocycles. The minimum Gasteiger partial charge on any atom is -0.0844 e. The predicted molar refractivity (Wildman–Crippen MR) is 64.3 cm³/mol. The van der Waals surface area contributed by atoms with Gasteiger partial charge in [-0.25, -0.2) is 0 Å². The Labute approximate surface area is 88.4 Å². The molecule has 0 amide bonds. The smallest absolute Gasteiger partial charge is 0.0253 e. The monoisotopic (exact) mass is 190 g/mol. The van der Waals surface area contributed by atoms with Crippen LogP contribution in [0.1, 0.15) is 47.5 Å². The largest absolute Gasteiger partial charge is 0.0844 e. The third kappa shape index (κ3) is 2.60. The van der Waals surface area contributed by atoms with Crippen molar-refractivity contribution < 1.29 is 0 Å². The zero-order valence-electron chi connectivity index (χ0n) is 10.1. The van der Waals surface area contributed by atoms with Gasteiger partial charge in [0.05, 0.1) is 0 Å². The van der Waals surface area contributed by atoms with E-state index in [9.17, 15) is 0 Å². The van der Waals surface area contributed by atoms with Crippen LogP contribution in [-0.4, -0.2) is 0 Å². The minimum atomic E-state index is 0.778. The topological polar surface area (TPSA) is 0 Å². The molecule has 0 aromatic carbocycles.